The smallest absolute Gasteiger partial charge is 0.319 e. The SMILES string of the molecule is COc1ccc(Cl)c(NC(=O)NC2CCOC2)c1. The van der Waals surface area contributed by atoms with Gasteiger partial charge in [-0.05, 0) is 18.6 Å². The normalized spacial score (nSPS) is 18.4. The Hall–Kier alpha value is -1.46. The highest BCUT2D eigenvalue weighted by Crippen LogP contribution is 2.26. The number of halogens is 1. The van der Waals surface area contributed by atoms with Gasteiger partial charge in [0.25, 0.3) is 0 Å². The fraction of sp³-hybridized carbons (Fsp3) is 0.417. The molecule has 1 heterocycles. The van der Waals surface area contributed by atoms with Crippen molar-refractivity contribution in [2.45, 2.75) is 12.5 Å². The number of rotatable bonds is 3. The van der Waals surface area contributed by atoms with E-state index in [9.17, 15) is 4.79 Å². The van der Waals surface area contributed by atoms with Gasteiger partial charge in [0.2, 0.25) is 0 Å². The van der Waals surface area contributed by atoms with Gasteiger partial charge < -0.3 is 20.1 Å². The van der Waals surface area contributed by atoms with Gasteiger partial charge >= 0.3 is 6.03 Å². The zero-order valence-electron chi connectivity index (χ0n) is 10.0. The van der Waals surface area contributed by atoms with Gasteiger partial charge in [-0.15, -0.1) is 0 Å². The number of carbonyl (C=O) groups is 1. The molecule has 0 radical (unpaired) electrons. The van der Waals surface area contributed by atoms with Crippen LogP contribution in [0.5, 0.6) is 5.75 Å². The second kappa shape index (κ2) is 5.93. The Morgan fingerprint density at radius 3 is 3.06 bits per heavy atom. The summed E-state index contributed by atoms with van der Waals surface area (Å²) in [5.74, 6) is 0.638. The molecular formula is C12H15ClN2O3. The predicted molar refractivity (Wildman–Crippen MR) is 69.4 cm³/mol. The molecule has 1 aliphatic heterocycles. The molecule has 1 saturated heterocycles. The third-order valence-corrected chi connectivity index (χ3v) is 3.02. The van der Waals surface area contributed by atoms with Crippen LogP contribution >= 0.6 is 11.6 Å². The first-order chi connectivity index (χ1) is 8.69. The maximum absolute atomic E-state index is 11.7. The average molecular weight is 271 g/mol. The Bertz CT molecular complexity index is 433. The number of amides is 2. The average Bonchev–Trinajstić information content (AvgIpc) is 2.84. The molecule has 2 amide bonds. The summed E-state index contributed by atoms with van der Waals surface area (Å²) in [6.07, 6.45) is 0.833. The van der Waals surface area contributed by atoms with Crippen molar-refractivity contribution in [3.05, 3.63) is 23.2 Å². The summed E-state index contributed by atoms with van der Waals surface area (Å²) in [6.45, 7) is 1.24. The monoisotopic (exact) mass is 270 g/mol. The molecule has 6 heteroatoms. The van der Waals surface area contributed by atoms with Crippen LogP contribution in [0.4, 0.5) is 10.5 Å². The fourth-order valence-corrected chi connectivity index (χ4v) is 1.88. The summed E-state index contributed by atoms with van der Waals surface area (Å²) in [7, 11) is 1.56. The van der Waals surface area contributed by atoms with Crippen molar-refractivity contribution in [3.8, 4) is 5.75 Å². The molecule has 2 rings (SSSR count). The number of hydrogen-bond donors (Lipinski definition) is 2. The highest BCUT2D eigenvalue weighted by molar-refractivity contribution is 6.33. The molecule has 0 aromatic heterocycles. The van der Waals surface area contributed by atoms with E-state index in [2.05, 4.69) is 10.6 Å². The minimum Gasteiger partial charge on any atom is -0.497 e. The number of anilines is 1. The molecule has 1 aromatic carbocycles. The van der Waals surface area contributed by atoms with Gasteiger partial charge in [0, 0.05) is 12.7 Å². The third kappa shape index (κ3) is 3.27. The van der Waals surface area contributed by atoms with Crippen molar-refractivity contribution < 1.29 is 14.3 Å². The van der Waals surface area contributed by atoms with Crippen molar-refractivity contribution in [1.29, 1.82) is 0 Å². The van der Waals surface area contributed by atoms with E-state index in [0.717, 1.165) is 6.42 Å². The molecular weight excluding hydrogens is 256 g/mol. The van der Waals surface area contributed by atoms with Crippen molar-refractivity contribution >= 4 is 23.3 Å². The lowest BCUT2D eigenvalue weighted by molar-refractivity contribution is 0.189. The molecule has 0 aliphatic carbocycles. The summed E-state index contributed by atoms with van der Waals surface area (Å²) < 4.78 is 10.3. The van der Waals surface area contributed by atoms with Crippen molar-refractivity contribution in [3.63, 3.8) is 0 Å². The molecule has 2 N–H and O–H groups in total. The van der Waals surface area contributed by atoms with E-state index in [1.807, 2.05) is 0 Å². The van der Waals surface area contributed by atoms with E-state index in [0.29, 0.717) is 29.7 Å². The Morgan fingerprint density at radius 2 is 2.39 bits per heavy atom. The molecule has 1 aliphatic rings. The summed E-state index contributed by atoms with van der Waals surface area (Å²) in [5.41, 5.74) is 0.521. The number of hydrogen-bond acceptors (Lipinski definition) is 3. The third-order valence-electron chi connectivity index (χ3n) is 2.69. The molecule has 1 aromatic rings. The van der Waals surface area contributed by atoms with E-state index in [4.69, 9.17) is 21.1 Å². The van der Waals surface area contributed by atoms with E-state index in [1.54, 1.807) is 25.3 Å². The van der Waals surface area contributed by atoms with E-state index >= 15 is 0 Å². The molecule has 98 valence electrons. The molecule has 0 bridgehead atoms. The van der Waals surface area contributed by atoms with Crippen LogP contribution in [0.15, 0.2) is 18.2 Å². The second-order valence-corrected chi connectivity index (χ2v) is 4.41. The first-order valence-corrected chi connectivity index (χ1v) is 6.05. The first-order valence-electron chi connectivity index (χ1n) is 5.68. The van der Waals surface area contributed by atoms with Crippen LogP contribution < -0.4 is 15.4 Å². The summed E-state index contributed by atoms with van der Waals surface area (Å²) in [4.78, 5) is 11.7. The number of urea groups is 1. The molecule has 18 heavy (non-hydrogen) atoms. The van der Waals surface area contributed by atoms with Gasteiger partial charge in [0.1, 0.15) is 5.75 Å². The summed E-state index contributed by atoms with van der Waals surface area (Å²) in [6, 6.07) is 4.85. The highest BCUT2D eigenvalue weighted by Gasteiger charge is 2.18. The van der Waals surface area contributed by atoms with Gasteiger partial charge in [-0.25, -0.2) is 4.79 Å². The van der Waals surface area contributed by atoms with Gasteiger partial charge in [-0.2, -0.15) is 0 Å². The minimum absolute atomic E-state index is 0.0642. The van der Waals surface area contributed by atoms with Gasteiger partial charge in [0.15, 0.2) is 0 Å². The van der Waals surface area contributed by atoms with Crippen LogP contribution in [0.3, 0.4) is 0 Å². The Balaban J connectivity index is 1.97. The summed E-state index contributed by atoms with van der Waals surface area (Å²) >= 11 is 5.99. The van der Waals surface area contributed by atoms with Crippen LogP contribution in [0.25, 0.3) is 0 Å². The van der Waals surface area contributed by atoms with Gasteiger partial charge in [-0.3, -0.25) is 0 Å². The van der Waals surface area contributed by atoms with E-state index in [1.165, 1.54) is 0 Å². The van der Waals surface area contributed by atoms with Crippen LogP contribution in [-0.4, -0.2) is 32.4 Å². The predicted octanol–water partition coefficient (Wildman–Crippen LogP) is 2.26. The Morgan fingerprint density at radius 1 is 1.56 bits per heavy atom. The fourth-order valence-electron chi connectivity index (χ4n) is 1.72. The zero-order chi connectivity index (χ0) is 13.0. The van der Waals surface area contributed by atoms with E-state index in [-0.39, 0.29) is 12.1 Å². The zero-order valence-corrected chi connectivity index (χ0v) is 10.8. The number of carbonyl (C=O) groups excluding carboxylic acids is 1. The number of benzene rings is 1. The van der Waals surface area contributed by atoms with Crippen molar-refractivity contribution in [1.82, 2.24) is 5.32 Å². The van der Waals surface area contributed by atoms with Crippen LogP contribution in [0, 0.1) is 0 Å². The van der Waals surface area contributed by atoms with Crippen LogP contribution in [0.2, 0.25) is 5.02 Å². The first kappa shape index (κ1) is 13.0. The maximum atomic E-state index is 11.7. The van der Waals surface area contributed by atoms with E-state index < -0.39 is 0 Å². The molecule has 0 spiro atoms. The topological polar surface area (TPSA) is 59.6 Å². The number of ether oxygens (including phenoxy) is 2. The number of nitrogens with one attached hydrogen (secondary N) is 2. The lowest BCUT2D eigenvalue weighted by Gasteiger charge is -2.13. The lowest BCUT2D eigenvalue weighted by Crippen LogP contribution is -2.38. The highest BCUT2D eigenvalue weighted by atomic mass is 35.5. The molecule has 5 nitrogen and oxygen atoms in total. The largest absolute Gasteiger partial charge is 0.497 e. The van der Waals surface area contributed by atoms with Crippen molar-refractivity contribution in [2.24, 2.45) is 0 Å². The van der Waals surface area contributed by atoms with Crippen molar-refractivity contribution in [2.75, 3.05) is 25.6 Å². The Kier molecular flexibility index (Phi) is 4.28. The summed E-state index contributed by atoms with van der Waals surface area (Å²) in [5, 5.41) is 5.98. The molecule has 1 fully saturated rings. The van der Waals surface area contributed by atoms with Crippen LogP contribution in [-0.2, 0) is 4.74 Å². The molecule has 0 saturated carbocycles. The van der Waals surface area contributed by atoms with Gasteiger partial charge in [-0.1, -0.05) is 11.6 Å². The molecule has 1 unspecified atom stereocenters. The quantitative estimate of drug-likeness (QED) is 0.886. The lowest BCUT2D eigenvalue weighted by atomic mass is 10.2. The standard InChI is InChI=1S/C12H15ClN2O3/c1-17-9-2-3-10(13)11(6-9)15-12(16)14-8-4-5-18-7-8/h2-3,6,8H,4-5,7H2,1H3,(H2,14,15,16). The maximum Gasteiger partial charge on any atom is 0.319 e. The number of methoxy groups -OCH3 is 1. The van der Waals surface area contributed by atoms with Gasteiger partial charge in [0.05, 0.1) is 30.5 Å². The van der Waals surface area contributed by atoms with Crippen LogP contribution in [0.1, 0.15) is 6.42 Å². The Labute approximate surface area is 110 Å². The second-order valence-electron chi connectivity index (χ2n) is 4.00. The molecule has 1 atom stereocenters. The minimum atomic E-state index is -0.291.